The molecule has 1 fully saturated rings. The molecular weight excluding hydrogens is 299 g/mol. The molecule has 3 N–H and O–H groups in total. The van der Waals surface area contributed by atoms with E-state index in [1.807, 2.05) is 12.3 Å². The van der Waals surface area contributed by atoms with E-state index in [9.17, 15) is 4.79 Å². The van der Waals surface area contributed by atoms with Crippen molar-refractivity contribution in [3.8, 4) is 0 Å². The lowest BCUT2D eigenvalue weighted by Crippen LogP contribution is -2.51. The van der Waals surface area contributed by atoms with E-state index in [2.05, 4.69) is 10.4 Å². The van der Waals surface area contributed by atoms with E-state index in [-0.39, 0.29) is 36.3 Å². The summed E-state index contributed by atoms with van der Waals surface area (Å²) >= 11 is 0. The number of nitrogens with one attached hydrogen (secondary N) is 1. The molecule has 0 spiro atoms. The number of aromatic nitrogens is 2. The number of hydrogen-bond donors (Lipinski definition) is 2. The van der Waals surface area contributed by atoms with E-state index in [0.717, 1.165) is 12.8 Å². The fourth-order valence-electron chi connectivity index (χ4n) is 2.44. The second-order valence-corrected chi connectivity index (χ2v) is 5.22. The smallest absolute Gasteiger partial charge is 0.221 e. The fraction of sp³-hybridized carbons (Fsp3) is 0.692. The molecule has 0 bridgehead atoms. The van der Waals surface area contributed by atoms with Gasteiger partial charge in [-0.15, -0.1) is 24.8 Å². The summed E-state index contributed by atoms with van der Waals surface area (Å²) in [5.41, 5.74) is 6.08. The number of aryl methyl sites for hydroxylation is 1. The molecule has 1 saturated carbocycles. The Morgan fingerprint density at radius 3 is 2.60 bits per heavy atom. The summed E-state index contributed by atoms with van der Waals surface area (Å²) in [5.74, 6) is 0.0564. The van der Waals surface area contributed by atoms with Crippen LogP contribution in [-0.4, -0.2) is 27.8 Å². The van der Waals surface area contributed by atoms with E-state index >= 15 is 0 Å². The van der Waals surface area contributed by atoms with Crippen LogP contribution in [0.15, 0.2) is 18.5 Å². The highest BCUT2D eigenvalue weighted by Gasteiger charge is 2.27. The molecule has 5 nitrogen and oxygen atoms in total. The lowest BCUT2D eigenvalue weighted by atomic mass is 9.82. The molecule has 1 aromatic rings. The number of carbonyl (C=O) groups is 1. The van der Waals surface area contributed by atoms with Crippen molar-refractivity contribution < 1.29 is 4.79 Å². The van der Waals surface area contributed by atoms with Crippen LogP contribution in [0.25, 0.3) is 0 Å². The Hall–Kier alpha value is -0.780. The molecule has 1 aliphatic carbocycles. The number of rotatable bonds is 5. The first-order chi connectivity index (χ1) is 8.68. The summed E-state index contributed by atoms with van der Waals surface area (Å²) in [7, 11) is 0. The number of amides is 1. The van der Waals surface area contributed by atoms with Gasteiger partial charge in [-0.25, -0.2) is 0 Å². The fourth-order valence-corrected chi connectivity index (χ4v) is 2.44. The standard InChI is InChI=1S/C13H22N4O.2ClH/c14-13(6-2-1-3-7-13)11-15-12(18)5-10-17-9-4-8-16-17;;/h4,8-9H,1-3,5-7,10-11,14H2,(H,15,18);2*1H. The monoisotopic (exact) mass is 322 g/mol. The molecule has 0 radical (unpaired) electrons. The van der Waals surface area contributed by atoms with Crippen LogP contribution in [-0.2, 0) is 11.3 Å². The number of nitrogens with two attached hydrogens (primary N) is 1. The summed E-state index contributed by atoms with van der Waals surface area (Å²) in [5, 5.41) is 7.01. The zero-order chi connectivity index (χ0) is 12.8. The number of nitrogens with zero attached hydrogens (tertiary/aromatic N) is 2. The average Bonchev–Trinajstić information content (AvgIpc) is 2.88. The topological polar surface area (TPSA) is 72.9 Å². The maximum Gasteiger partial charge on any atom is 0.221 e. The normalized spacial score (nSPS) is 16.6. The van der Waals surface area contributed by atoms with Crippen molar-refractivity contribution >= 4 is 30.7 Å². The van der Waals surface area contributed by atoms with Gasteiger partial charge in [0.05, 0.1) is 0 Å². The van der Waals surface area contributed by atoms with Crippen LogP contribution in [0, 0.1) is 0 Å². The minimum atomic E-state index is -0.181. The summed E-state index contributed by atoms with van der Waals surface area (Å²) in [4.78, 5) is 11.7. The average molecular weight is 323 g/mol. The molecule has 116 valence electrons. The van der Waals surface area contributed by atoms with Gasteiger partial charge in [0.2, 0.25) is 5.91 Å². The van der Waals surface area contributed by atoms with E-state index in [1.54, 1.807) is 10.9 Å². The molecule has 0 aromatic carbocycles. The zero-order valence-electron chi connectivity index (χ0n) is 11.6. The Bertz CT molecular complexity index is 378. The van der Waals surface area contributed by atoms with Crippen LogP contribution in [0.4, 0.5) is 0 Å². The van der Waals surface area contributed by atoms with Crippen molar-refractivity contribution in [2.45, 2.75) is 50.6 Å². The Labute approximate surface area is 132 Å². The molecule has 1 heterocycles. The maximum absolute atomic E-state index is 11.7. The molecular formula is C13H24Cl2N4O. The third-order valence-corrected chi connectivity index (χ3v) is 3.61. The molecule has 1 amide bonds. The predicted octanol–water partition coefficient (Wildman–Crippen LogP) is 1.89. The number of hydrogen-bond acceptors (Lipinski definition) is 3. The molecule has 1 aliphatic rings. The van der Waals surface area contributed by atoms with Crippen LogP contribution in [0.2, 0.25) is 0 Å². The molecule has 2 rings (SSSR count). The van der Waals surface area contributed by atoms with Gasteiger partial charge in [-0.3, -0.25) is 9.48 Å². The summed E-state index contributed by atoms with van der Waals surface area (Å²) in [6.45, 7) is 1.22. The Morgan fingerprint density at radius 1 is 1.30 bits per heavy atom. The van der Waals surface area contributed by atoms with Crippen LogP contribution in [0.1, 0.15) is 38.5 Å². The van der Waals surface area contributed by atoms with Gasteiger partial charge in [0.15, 0.2) is 0 Å². The quantitative estimate of drug-likeness (QED) is 0.869. The summed E-state index contributed by atoms with van der Waals surface area (Å²) in [6, 6.07) is 1.86. The zero-order valence-corrected chi connectivity index (χ0v) is 13.2. The van der Waals surface area contributed by atoms with Crippen molar-refractivity contribution in [1.29, 1.82) is 0 Å². The van der Waals surface area contributed by atoms with Crippen molar-refractivity contribution in [2.75, 3.05) is 6.54 Å². The van der Waals surface area contributed by atoms with Crippen molar-refractivity contribution in [2.24, 2.45) is 5.73 Å². The van der Waals surface area contributed by atoms with Gasteiger partial charge in [0.25, 0.3) is 0 Å². The van der Waals surface area contributed by atoms with Crippen molar-refractivity contribution in [1.82, 2.24) is 15.1 Å². The Kier molecular flexibility index (Phi) is 8.85. The van der Waals surface area contributed by atoms with E-state index in [0.29, 0.717) is 19.5 Å². The molecule has 20 heavy (non-hydrogen) atoms. The van der Waals surface area contributed by atoms with E-state index < -0.39 is 0 Å². The van der Waals surface area contributed by atoms with E-state index in [4.69, 9.17) is 5.73 Å². The third kappa shape index (κ3) is 6.11. The van der Waals surface area contributed by atoms with Gasteiger partial charge in [-0.05, 0) is 18.9 Å². The molecule has 0 saturated heterocycles. The number of carbonyl (C=O) groups excluding carboxylic acids is 1. The lowest BCUT2D eigenvalue weighted by molar-refractivity contribution is -0.121. The van der Waals surface area contributed by atoms with Crippen LogP contribution in [0.3, 0.4) is 0 Å². The summed E-state index contributed by atoms with van der Waals surface area (Å²) in [6.07, 6.45) is 9.70. The van der Waals surface area contributed by atoms with E-state index in [1.165, 1.54) is 19.3 Å². The van der Waals surface area contributed by atoms with Crippen molar-refractivity contribution in [3.63, 3.8) is 0 Å². The first-order valence-electron chi connectivity index (χ1n) is 6.71. The lowest BCUT2D eigenvalue weighted by Gasteiger charge is -2.33. The van der Waals surface area contributed by atoms with Gasteiger partial charge >= 0.3 is 0 Å². The minimum absolute atomic E-state index is 0. The highest BCUT2D eigenvalue weighted by molar-refractivity contribution is 5.85. The van der Waals surface area contributed by atoms with Gasteiger partial charge in [0.1, 0.15) is 0 Å². The second kappa shape index (κ2) is 9.21. The molecule has 0 unspecified atom stereocenters. The van der Waals surface area contributed by atoms with Crippen LogP contribution < -0.4 is 11.1 Å². The predicted molar refractivity (Wildman–Crippen MR) is 84.4 cm³/mol. The van der Waals surface area contributed by atoms with Crippen LogP contribution >= 0.6 is 24.8 Å². The molecule has 7 heteroatoms. The Balaban J connectivity index is 0.00000180. The van der Waals surface area contributed by atoms with Crippen molar-refractivity contribution in [3.05, 3.63) is 18.5 Å². The Morgan fingerprint density at radius 2 is 2.00 bits per heavy atom. The first-order valence-corrected chi connectivity index (χ1v) is 6.71. The second-order valence-electron chi connectivity index (χ2n) is 5.22. The van der Waals surface area contributed by atoms with Gasteiger partial charge in [-0.2, -0.15) is 5.10 Å². The third-order valence-electron chi connectivity index (χ3n) is 3.61. The molecule has 0 aliphatic heterocycles. The maximum atomic E-state index is 11.7. The molecule has 1 aromatic heterocycles. The van der Waals surface area contributed by atoms with Gasteiger partial charge in [-0.1, -0.05) is 19.3 Å². The number of halogens is 2. The minimum Gasteiger partial charge on any atom is -0.354 e. The highest BCUT2D eigenvalue weighted by atomic mass is 35.5. The highest BCUT2D eigenvalue weighted by Crippen LogP contribution is 2.25. The van der Waals surface area contributed by atoms with Gasteiger partial charge in [0, 0.05) is 37.4 Å². The van der Waals surface area contributed by atoms with Gasteiger partial charge < -0.3 is 11.1 Å². The largest absolute Gasteiger partial charge is 0.354 e. The summed E-state index contributed by atoms with van der Waals surface area (Å²) < 4.78 is 1.76. The van der Waals surface area contributed by atoms with Crippen LogP contribution in [0.5, 0.6) is 0 Å². The first kappa shape index (κ1) is 19.2. The molecule has 0 atom stereocenters. The SMILES string of the molecule is Cl.Cl.NC1(CNC(=O)CCn2cccn2)CCCCC1.